The van der Waals surface area contributed by atoms with Gasteiger partial charge >= 0.3 is 0 Å². The summed E-state index contributed by atoms with van der Waals surface area (Å²) in [4.78, 5) is 13.3. The van der Waals surface area contributed by atoms with E-state index in [1.807, 2.05) is 54.6 Å². The second kappa shape index (κ2) is 11.9. The van der Waals surface area contributed by atoms with Gasteiger partial charge in [0, 0.05) is 16.8 Å². The number of aromatic nitrogens is 5. The zero-order valence-corrected chi connectivity index (χ0v) is 22.9. The van der Waals surface area contributed by atoms with E-state index in [2.05, 4.69) is 15.6 Å². The molecule has 0 fully saturated rings. The molecule has 0 spiro atoms. The van der Waals surface area contributed by atoms with Crippen LogP contribution in [0.4, 0.5) is 0 Å². The van der Waals surface area contributed by atoms with Gasteiger partial charge in [0.2, 0.25) is 5.75 Å². The van der Waals surface area contributed by atoms with Crippen molar-refractivity contribution in [1.29, 1.82) is 0 Å². The van der Waals surface area contributed by atoms with Gasteiger partial charge in [0.1, 0.15) is 11.4 Å². The molecule has 1 N–H and O–H groups in total. The second-order valence-corrected chi connectivity index (χ2v) is 9.24. The molecule has 1 amide bonds. The molecule has 204 valence electrons. The Morgan fingerprint density at radius 1 is 0.925 bits per heavy atom. The molecule has 11 heteroatoms. The van der Waals surface area contributed by atoms with E-state index in [1.165, 1.54) is 0 Å². The Hall–Kier alpha value is -4.83. The lowest BCUT2D eigenvalue weighted by Gasteiger charge is -2.14. The first-order valence-electron chi connectivity index (χ1n) is 12.4. The van der Waals surface area contributed by atoms with E-state index in [4.69, 9.17) is 30.9 Å². The van der Waals surface area contributed by atoms with E-state index in [-0.39, 0.29) is 12.5 Å². The Morgan fingerprint density at radius 2 is 1.62 bits per heavy atom. The van der Waals surface area contributed by atoms with Gasteiger partial charge in [-0.1, -0.05) is 47.1 Å². The van der Waals surface area contributed by atoms with Crippen molar-refractivity contribution in [2.24, 2.45) is 0 Å². The predicted octanol–water partition coefficient (Wildman–Crippen LogP) is 4.79. The van der Waals surface area contributed by atoms with Gasteiger partial charge in [-0.25, -0.2) is 9.36 Å². The van der Waals surface area contributed by atoms with E-state index in [0.717, 1.165) is 16.8 Å². The Labute approximate surface area is 236 Å². The number of para-hydroxylation sites is 1. The molecule has 0 atom stereocenters. The van der Waals surface area contributed by atoms with Crippen LogP contribution in [0.25, 0.3) is 16.9 Å². The summed E-state index contributed by atoms with van der Waals surface area (Å²) in [6, 6.07) is 20.5. The topological polar surface area (TPSA) is 105 Å². The maximum Gasteiger partial charge on any atom is 0.255 e. The number of methoxy groups -OCH3 is 3. The zero-order chi connectivity index (χ0) is 28.1. The number of rotatable bonds is 10. The van der Waals surface area contributed by atoms with Crippen LogP contribution in [-0.2, 0) is 13.1 Å². The third-order valence-electron chi connectivity index (χ3n) is 6.18. The quantitative estimate of drug-likeness (QED) is 0.263. The number of nitrogens with one attached hydrogen (secondary N) is 1. The lowest BCUT2D eigenvalue weighted by Crippen LogP contribution is -2.23. The first-order valence-corrected chi connectivity index (χ1v) is 12.7. The van der Waals surface area contributed by atoms with Crippen LogP contribution >= 0.6 is 11.6 Å². The molecule has 0 aliphatic rings. The normalized spacial score (nSPS) is 10.8. The molecule has 0 radical (unpaired) electrons. The first kappa shape index (κ1) is 26.8. The Kier molecular flexibility index (Phi) is 7.97. The van der Waals surface area contributed by atoms with Crippen LogP contribution < -0.4 is 19.5 Å². The maximum absolute atomic E-state index is 13.3. The van der Waals surface area contributed by atoms with Crippen molar-refractivity contribution in [2.75, 3.05) is 21.3 Å². The van der Waals surface area contributed by atoms with Gasteiger partial charge in [-0.3, -0.25) is 4.79 Å². The fourth-order valence-corrected chi connectivity index (χ4v) is 4.38. The molecule has 0 unspecified atom stereocenters. The van der Waals surface area contributed by atoms with E-state index < -0.39 is 0 Å². The number of hydrogen-bond acceptors (Lipinski definition) is 7. The SMILES string of the molecule is COc1cc(Cn2cc(CNC(=O)c3cn(-c4ccccc4)nc3-c3ccc(Cl)cc3)nn2)cc(OC)c1OC. The molecule has 3 aromatic carbocycles. The highest BCUT2D eigenvalue weighted by atomic mass is 35.5. The van der Waals surface area contributed by atoms with E-state index in [1.54, 1.807) is 55.2 Å². The van der Waals surface area contributed by atoms with Crippen LogP contribution in [0.5, 0.6) is 17.2 Å². The van der Waals surface area contributed by atoms with Gasteiger partial charge in [-0.15, -0.1) is 5.10 Å². The average molecular weight is 559 g/mol. The first-order chi connectivity index (χ1) is 19.5. The summed E-state index contributed by atoms with van der Waals surface area (Å²) in [5.74, 6) is 1.34. The summed E-state index contributed by atoms with van der Waals surface area (Å²) >= 11 is 6.08. The van der Waals surface area contributed by atoms with Crippen molar-refractivity contribution in [3.8, 4) is 34.2 Å². The number of hydrogen-bond donors (Lipinski definition) is 1. The molecule has 5 aromatic rings. The predicted molar refractivity (Wildman–Crippen MR) is 150 cm³/mol. The van der Waals surface area contributed by atoms with Gasteiger partial charge in [-0.05, 0) is 42.0 Å². The van der Waals surface area contributed by atoms with E-state index in [9.17, 15) is 4.79 Å². The second-order valence-electron chi connectivity index (χ2n) is 8.80. The van der Waals surface area contributed by atoms with Crippen molar-refractivity contribution in [1.82, 2.24) is 30.1 Å². The number of nitrogens with zero attached hydrogens (tertiary/aromatic N) is 5. The van der Waals surface area contributed by atoms with Crippen molar-refractivity contribution >= 4 is 17.5 Å². The average Bonchev–Trinajstić information content (AvgIpc) is 3.64. The van der Waals surface area contributed by atoms with Gasteiger partial charge < -0.3 is 19.5 Å². The van der Waals surface area contributed by atoms with Crippen LogP contribution in [0.3, 0.4) is 0 Å². The van der Waals surface area contributed by atoms with Gasteiger partial charge in [-0.2, -0.15) is 5.10 Å². The summed E-state index contributed by atoms with van der Waals surface area (Å²) in [6.45, 7) is 0.604. The van der Waals surface area contributed by atoms with Gasteiger partial charge in [0.05, 0.1) is 51.9 Å². The Balaban J connectivity index is 1.33. The van der Waals surface area contributed by atoms with Crippen LogP contribution in [-0.4, -0.2) is 52.0 Å². The molecule has 0 aliphatic carbocycles. The Bertz CT molecular complexity index is 1590. The molecule has 0 saturated carbocycles. The molecule has 10 nitrogen and oxygen atoms in total. The van der Waals surface area contributed by atoms with Crippen molar-refractivity contribution in [2.45, 2.75) is 13.1 Å². The fourth-order valence-electron chi connectivity index (χ4n) is 4.25. The summed E-state index contributed by atoms with van der Waals surface area (Å²) in [5, 5.41) is 16.7. The largest absolute Gasteiger partial charge is 0.493 e. The molecule has 2 heterocycles. The van der Waals surface area contributed by atoms with Gasteiger partial charge in [0.25, 0.3) is 5.91 Å². The fraction of sp³-hybridized carbons (Fsp3) is 0.172. The molecule has 2 aromatic heterocycles. The van der Waals surface area contributed by atoms with Gasteiger partial charge in [0.15, 0.2) is 11.5 Å². The molecule has 0 saturated heterocycles. The number of carbonyl (C=O) groups excluding carboxylic acids is 1. The lowest BCUT2D eigenvalue weighted by molar-refractivity contribution is 0.0951. The van der Waals surface area contributed by atoms with Crippen LogP contribution in [0.2, 0.25) is 5.02 Å². The minimum Gasteiger partial charge on any atom is -0.493 e. The third kappa shape index (κ3) is 5.76. The molecule has 40 heavy (non-hydrogen) atoms. The van der Waals surface area contributed by atoms with E-state index >= 15 is 0 Å². The molecular weight excluding hydrogens is 532 g/mol. The molecular formula is C29H27ClN6O4. The number of halogens is 1. The Morgan fingerprint density at radius 3 is 2.27 bits per heavy atom. The third-order valence-corrected chi connectivity index (χ3v) is 6.43. The smallest absolute Gasteiger partial charge is 0.255 e. The molecule has 0 aliphatic heterocycles. The monoisotopic (exact) mass is 558 g/mol. The van der Waals surface area contributed by atoms with Crippen molar-refractivity contribution in [3.05, 3.63) is 101 Å². The zero-order valence-electron chi connectivity index (χ0n) is 22.2. The summed E-state index contributed by atoms with van der Waals surface area (Å²) in [6.07, 6.45) is 3.49. The number of benzene rings is 3. The summed E-state index contributed by atoms with van der Waals surface area (Å²) in [7, 11) is 4.70. The van der Waals surface area contributed by atoms with E-state index in [0.29, 0.717) is 45.8 Å². The summed E-state index contributed by atoms with van der Waals surface area (Å²) < 4.78 is 19.6. The summed E-state index contributed by atoms with van der Waals surface area (Å²) in [5.41, 5.74) is 4.08. The molecule has 5 rings (SSSR count). The van der Waals surface area contributed by atoms with Crippen LogP contribution in [0.1, 0.15) is 21.6 Å². The van der Waals surface area contributed by atoms with Crippen LogP contribution in [0.15, 0.2) is 79.1 Å². The number of ether oxygens (including phenoxy) is 3. The minimum atomic E-state index is -0.286. The lowest BCUT2D eigenvalue weighted by atomic mass is 10.1. The highest BCUT2D eigenvalue weighted by Crippen LogP contribution is 2.38. The van der Waals surface area contributed by atoms with Crippen molar-refractivity contribution in [3.63, 3.8) is 0 Å². The highest BCUT2D eigenvalue weighted by Gasteiger charge is 2.19. The van der Waals surface area contributed by atoms with Crippen LogP contribution in [0, 0.1) is 0 Å². The highest BCUT2D eigenvalue weighted by molar-refractivity contribution is 6.30. The van der Waals surface area contributed by atoms with Crippen molar-refractivity contribution < 1.29 is 19.0 Å². The number of carbonyl (C=O) groups is 1. The number of amides is 1. The minimum absolute atomic E-state index is 0.185. The maximum atomic E-state index is 13.3. The molecule has 0 bridgehead atoms. The standard InChI is InChI=1S/C29H27ClN6O4/c1-38-25-13-19(14-26(39-2)28(25)40-3)16-35-17-22(32-34-35)15-31-29(37)24-18-36(23-7-5-4-6-8-23)33-27(24)20-9-11-21(30)12-10-20/h4-14,17-18H,15-16H2,1-3H3,(H,31,37).